The third-order valence-corrected chi connectivity index (χ3v) is 3.61. The molecule has 3 aromatic heterocycles. The molecule has 1 fully saturated rings. The van der Waals surface area contributed by atoms with Crippen molar-refractivity contribution in [2.24, 2.45) is 0 Å². The highest BCUT2D eigenvalue weighted by Crippen LogP contribution is 2.27. The molecule has 7 nitrogen and oxygen atoms in total. The van der Waals surface area contributed by atoms with Crippen molar-refractivity contribution in [1.82, 2.24) is 19.9 Å². The first kappa shape index (κ1) is 13.8. The first-order valence-corrected chi connectivity index (χ1v) is 7.42. The van der Waals surface area contributed by atoms with Gasteiger partial charge in [0, 0.05) is 30.9 Å². The van der Waals surface area contributed by atoms with E-state index in [0.29, 0.717) is 25.0 Å². The lowest BCUT2D eigenvalue weighted by Crippen LogP contribution is -2.37. The molecule has 3 aromatic rings. The summed E-state index contributed by atoms with van der Waals surface area (Å²) in [5, 5.41) is 0.959. The lowest BCUT2D eigenvalue weighted by molar-refractivity contribution is 0.122. The molecule has 1 saturated heterocycles. The fourth-order valence-electron chi connectivity index (χ4n) is 2.52. The van der Waals surface area contributed by atoms with E-state index in [1.807, 2.05) is 12.1 Å². The van der Waals surface area contributed by atoms with Crippen LogP contribution in [0.1, 0.15) is 0 Å². The SMILES string of the molecule is c1cncc(Oc2nc(N3CCOCC3)c3ccncc3n2)c1. The van der Waals surface area contributed by atoms with Crippen LogP contribution >= 0.6 is 0 Å². The Balaban J connectivity index is 1.76. The Morgan fingerprint density at radius 1 is 1.00 bits per heavy atom. The topological polar surface area (TPSA) is 73.3 Å². The van der Waals surface area contributed by atoms with E-state index in [0.717, 1.165) is 29.8 Å². The second-order valence-corrected chi connectivity index (χ2v) is 5.11. The lowest BCUT2D eigenvalue weighted by atomic mass is 10.2. The number of hydrogen-bond donors (Lipinski definition) is 0. The number of morpholine rings is 1. The number of aromatic nitrogens is 4. The van der Waals surface area contributed by atoms with E-state index in [1.54, 1.807) is 30.9 Å². The molecule has 0 spiro atoms. The van der Waals surface area contributed by atoms with Crippen molar-refractivity contribution in [2.75, 3.05) is 31.2 Å². The molecule has 4 rings (SSSR count). The molecular formula is C16H15N5O2. The maximum atomic E-state index is 5.75. The molecule has 7 heteroatoms. The van der Waals surface area contributed by atoms with Crippen molar-refractivity contribution in [3.8, 4) is 11.8 Å². The van der Waals surface area contributed by atoms with Crippen LogP contribution in [-0.2, 0) is 4.74 Å². The van der Waals surface area contributed by atoms with Crippen molar-refractivity contribution in [2.45, 2.75) is 0 Å². The van der Waals surface area contributed by atoms with Crippen molar-refractivity contribution in [1.29, 1.82) is 0 Å². The number of rotatable bonds is 3. The smallest absolute Gasteiger partial charge is 0.324 e. The Kier molecular flexibility index (Phi) is 3.69. The van der Waals surface area contributed by atoms with Gasteiger partial charge in [0.05, 0.1) is 31.1 Å². The average molecular weight is 309 g/mol. The highest BCUT2D eigenvalue weighted by molar-refractivity contribution is 5.89. The monoisotopic (exact) mass is 309 g/mol. The van der Waals surface area contributed by atoms with E-state index in [1.165, 1.54) is 0 Å². The highest BCUT2D eigenvalue weighted by atomic mass is 16.5. The summed E-state index contributed by atoms with van der Waals surface area (Å²) in [6.45, 7) is 2.96. The maximum Gasteiger partial charge on any atom is 0.324 e. The van der Waals surface area contributed by atoms with Crippen LogP contribution in [0.3, 0.4) is 0 Å². The second kappa shape index (κ2) is 6.13. The number of anilines is 1. The van der Waals surface area contributed by atoms with E-state index >= 15 is 0 Å². The molecule has 23 heavy (non-hydrogen) atoms. The van der Waals surface area contributed by atoms with Crippen LogP contribution in [-0.4, -0.2) is 46.2 Å². The van der Waals surface area contributed by atoms with E-state index in [-0.39, 0.29) is 0 Å². The van der Waals surface area contributed by atoms with Crippen molar-refractivity contribution in [3.05, 3.63) is 43.0 Å². The van der Waals surface area contributed by atoms with Gasteiger partial charge in [0.2, 0.25) is 0 Å². The predicted octanol–water partition coefficient (Wildman–Crippen LogP) is 2.05. The van der Waals surface area contributed by atoms with Crippen LogP contribution in [0.5, 0.6) is 11.8 Å². The summed E-state index contributed by atoms with van der Waals surface area (Å²) in [5.74, 6) is 1.45. The van der Waals surface area contributed by atoms with E-state index < -0.39 is 0 Å². The van der Waals surface area contributed by atoms with Crippen LogP contribution in [0.2, 0.25) is 0 Å². The zero-order valence-electron chi connectivity index (χ0n) is 12.4. The standard InChI is InChI=1S/C16H15N5O2/c1-2-12(10-17-4-1)23-16-19-14-11-18-5-3-13(14)15(20-16)21-6-8-22-9-7-21/h1-5,10-11H,6-9H2. The number of fused-ring (bicyclic) bond motifs is 1. The summed E-state index contributed by atoms with van der Waals surface area (Å²) in [7, 11) is 0. The Labute approximate surface area is 132 Å². The number of nitrogens with zero attached hydrogens (tertiary/aromatic N) is 5. The van der Waals surface area contributed by atoms with Crippen LogP contribution < -0.4 is 9.64 Å². The summed E-state index contributed by atoms with van der Waals surface area (Å²) in [5.41, 5.74) is 0.753. The summed E-state index contributed by atoms with van der Waals surface area (Å²) >= 11 is 0. The normalized spacial score (nSPS) is 14.9. The molecule has 1 aliphatic rings. The van der Waals surface area contributed by atoms with Gasteiger partial charge in [-0.1, -0.05) is 0 Å². The van der Waals surface area contributed by atoms with Crippen LogP contribution in [0, 0.1) is 0 Å². The molecule has 0 bridgehead atoms. The number of hydrogen-bond acceptors (Lipinski definition) is 7. The summed E-state index contributed by atoms with van der Waals surface area (Å²) in [6.07, 6.45) is 6.79. The van der Waals surface area contributed by atoms with Gasteiger partial charge in [0.1, 0.15) is 11.6 Å². The van der Waals surface area contributed by atoms with Crippen LogP contribution in [0.15, 0.2) is 43.0 Å². The fourth-order valence-corrected chi connectivity index (χ4v) is 2.52. The Hall–Kier alpha value is -2.80. The van der Waals surface area contributed by atoms with Gasteiger partial charge in [0.25, 0.3) is 0 Å². The Bertz CT molecular complexity index is 806. The molecule has 0 N–H and O–H groups in total. The van der Waals surface area contributed by atoms with Gasteiger partial charge in [-0.05, 0) is 18.2 Å². The molecule has 0 atom stereocenters. The minimum atomic E-state index is 0.292. The lowest BCUT2D eigenvalue weighted by Gasteiger charge is -2.28. The molecular weight excluding hydrogens is 294 g/mol. The summed E-state index contributed by atoms with van der Waals surface area (Å²) in [6, 6.07) is 5.84. The molecule has 0 radical (unpaired) electrons. The molecule has 0 unspecified atom stereocenters. The zero-order chi connectivity index (χ0) is 15.5. The highest BCUT2D eigenvalue weighted by Gasteiger charge is 2.18. The third-order valence-electron chi connectivity index (χ3n) is 3.61. The molecule has 1 aliphatic heterocycles. The van der Waals surface area contributed by atoms with Crippen LogP contribution in [0.4, 0.5) is 5.82 Å². The summed E-state index contributed by atoms with van der Waals surface area (Å²) in [4.78, 5) is 19.4. The zero-order valence-corrected chi connectivity index (χ0v) is 12.4. The van der Waals surface area contributed by atoms with E-state index in [4.69, 9.17) is 9.47 Å². The van der Waals surface area contributed by atoms with E-state index in [2.05, 4.69) is 24.8 Å². The molecule has 0 aromatic carbocycles. The molecule has 0 saturated carbocycles. The third kappa shape index (κ3) is 2.91. The minimum absolute atomic E-state index is 0.292. The summed E-state index contributed by atoms with van der Waals surface area (Å²) < 4.78 is 11.2. The van der Waals surface area contributed by atoms with Crippen molar-refractivity contribution in [3.63, 3.8) is 0 Å². The first-order chi connectivity index (χ1) is 11.4. The van der Waals surface area contributed by atoms with Gasteiger partial charge < -0.3 is 14.4 Å². The molecule has 0 aliphatic carbocycles. The van der Waals surface area contributed by atoms with Gasteiger partial charge >= 0.3 is 6.01 Å². The van der Waals surface area contributed by atoms with Gasteiger partial charge in [0.15, 0.2) is 0 Å². The van der Waals surface area contributed by atoms with Gasteiger partial charge in [-0.2, -0.15) is 9.97 Å². The molecule has 0 amide bonds. The second-order valence-electron chi connectivity index (χ2n) is 5.11. The van der Waals surface area contributed by atoms with Crippen molar-refractivity contribution >= 4 is 16.7 Å². The Morgan fingerprint density at radius 3 is 2.70 bits per heavy atom. The van der Waals surface area contributed by atoms with Crippen LogP contribution in [0.25, 0.3) is 10.9 Å². The number of pyridine rings is 2. The van der Waals surface area contributed by atoms with Gasteiger partial charge in [-0.15, -0.1) is 0 Å². The Morgan fingerprint density at radius 2 is 1.87 bits per heavy atom. The fraction of sp³-hybridized carbons (Fsp3) is 0.250. The average Bonchev–Trinajstić information content (AvgIpc) is 2.63. The van der Waals surface area contributed by atoms with Gasteiger partial charge in [-0.25, -0.2) is 0 Å². The quantitative estimate of drug-likeness (QED) is 0.733. The molecule has 4 heterocycles. The largest absolute Gasteiger partial charge is 0.423 e. The van der Waals surface area contributed by atoms with Gasteiger partial charge in [-0.3, -0.25) is 9.97 Å². The predicted molar refractivity (Wildman–Crippen MR) is 84.7 cm³/mol. The number of ether oxygens (including phenoxy) is 2. The van der Waals surface area contributed by atoms with E-state index in [9.17, 15) is 0 Å². The minimum Gasteiger partial charge on any atom is -0.423 e. The maximum absolute atomic E-state index is 5.75. The first-order valence-electron chi connectivity index (χ1n) is 7.42. The van der Waals surface area contributed by atoms with Crippen molar-refractivity contribution < 1.29 is 9.47 Å². The molecule has 116 valence electrons.